The van der Waals surface area contributed by atoms with Crippen molar-refractivity contribution in [2.24, 2.45) is 0 Å². The van der Waals surface area contributed by atoms with Crippen LogP contribution in [-0.2, 0) is 9.84 Å². The van der Waals surface area contributed by atoms with Gasteiger partial charge in [-0.1, -0.05) is 70.9 Å². The topological polar surface area (TPSA) is 34.1 Å². The second-order valence-electron chi connectivity index (χ2n) is 4.13. The summed E-state index contributed by atoms with van der Waals surface area (Å²) in [5.41, 5.74) is 0. The Morgan fingerprint density at radius 3 is 2.19 bits per heavy atom. The van der Waals surface area contributed by atoms with Gasteiger partial charge < -0.3 is 0 Å². The average Bonchev–Trinajstić information content (AvgIpc) is 2.22. The highest BCUT2D eigenvalue weighted by Crippen LogP contribution is 2.11. The molecule has 0 rings (SSSR count). The van der Waals surface area contributed by atoms with Crippen LogP contribution in [0.15, 0.2) is 0 Å². The fourth-order valence-electron chi connectivity index (χ4n) is 1.51. The lowest BCUT2D eigenvalue weighted by atomic mass is 10.1. The maximum Gasteiger partial charge on any atom is 0.151 e. The largest absolute Gasteiger partial charge is 0.229 e. The number of sulfone groups is 1. The van der Waals surface area contributed by atoms with E-state index in [0.717, 1.165) is 12.8 Å². The molecule has 98 valence electrons. The Morgan fingerprint density at radius 2 is 1.62 bits per heavy atom. The summed E-state index contributed by atoms with van der Waals surface area (Å²) in [4.78, 5) is 0.0394. The van der Waals surface area contributed by atoms with E-state index in [0.29, 0.717) is 11.1 Å². The Hall–Kier alpha value is 0.910. The monoisotopic (exact) mass is 376 g/mol. The van der Waals surface area contributed by atoms with Crippen LogP contribution in [0.2, 0.25) is 0 Å². The summed E-state index contributed by atoms with van der Waals surface area (Å²) >= 11 is 6.60. The molecule has 0 N–H and O–H groups in total. The Labute approximate surface area is 117 Å². The number of unbranched alkanes of at least 4 members (excludes halogenated alkanes) is 5. The summed E-state index contributed by atoms with van der Waals surface area (Å²) in [6.07, 6.45) is 6.75. The van der Waals surface area contributed by atoms with Crippen LogP contribution < -0.4 is 0 Å². The first kappa shape index (κ1) is 16.9. The molecule has 0 fully saturated rings. The molecule has 0 bridgehead atoms. The van der Waals surface area contributed by atoms with Crippen LogP contribution in [0.1, 0.15) is 45.4 Å². The van der Waals surface area contributed by atoms with Gasteiger partial charge in [0.25, 0.3) is 0 Å². The molecule has 5 heteroatoms. The molecule has 0 amide bonds. The molecule has 0 aliphatic heterocycles. The van der Waals surface area contributed by atoms with Crippen molar-refractivity contribution in [3.63, 3.8) is 0 Å². The van der Waals surface area contributed by atoms with Crippen LogP contribution in [0, 0.1) is 0 Å². The van der Waals surface area contributed by atoms with E-state index in [1.165, 1.54) is 25.7 Å². The fraction of sp³-hybridized carbons (Fsp3) is 1.00. The number of alkyl halides is 2. The number of hydrogen-bond acceptors (Lipinski definition) is 2. The molecule has 0 aromatic carbocycles. The minimum Gasteiger partial charge on any atom is -0.229 e. The quantitative estimate of drug-likeness (QED) is 0.427. The molecule has 0 saturated heterocycles. The van der Waals surface area contributed by atoms with E-state index in [4.69, 9.17) is 0 Å². The Kier molecular flexibility index (Phi) is 10.5. The van der Waals surface area contributed by atoms with Crippen molar-refractivity contribution in [3.8, 4) is 0 Å². The first-order chi connectivity index (χ1) is 7.52. The lowest BCUT2D eigenvalue weighted by Crippen LogP contribution is -2.19. The summed E-state index contributed by atoms with van der Waals surface area (Å²) in [5.74, 6) is 0.585. The highest BCUT2D eigenvalue weighted by Gasteiger charge is 2.15. The molecule has 0 saturated carbocycles. The van der Waals surface area contributed by atoms with Crippen LogP contribution in [-0.4, -0.2) is 30.1 Å². The minimum atomic E-state index is -2.86. The van der Waals surface area contributed by atoms with E-state index in [2.05, 4.69) is 38.8 Å². The predicted octanol–water partition coefficient (Wildman–Crippen LogP) is 3.92. The zero-order valence-electron chi connectivity index (χ0n) is 9.92. The summed E-state index contributed by atoms with van der Waals surface area (Å²) in [5, 5.41) is 0.683. The highest BCUT2D eigenvalue weighted by atomic mass is 79.9. The molecular formula is C11H22Br2O2S. The summed E-state index contributed by atoms with van der Waals surface area (Å²) in [6, 6.07) is 0. The molecule has 1 atom stereocenters. The SMILES string of the molecule is CCCCCCCCS(=O)(=O)C[C@H](Br)CBr. The lowest BCUT2D eigenvalue weighted by molar-refractivity contribution is 0.583. The fourth-order valence-corrected chi connectivity index (χ4v) is 4.73. The highest BCUT2D eigenvalue weighted by molar-refractivity contribution is 9.12. The molecule has 0 spiro atoms. The van der Waals surface area contributed by atoms with Crippen LogP contribution in [0.3, 0.4) is 0 Å². The van der Waals surface area contributed by atoms with Gasteiger partial charge >= 0.3 is 0 Å². The molecular weight excluding hydrogens is 356 g/mol. The molecule has 2 nitrogen and oxygen atoms in total. The van der Waals surface area contributed by atoms with Crippen molar-refractivity contribution < 1.29 is 8.42 Å². The number of rotatable bonds is 10. The summed E-state index contributed by atoms with van der Waals surface area (Å²) in [6.45, 7) is 2.18. The van der Waals surface area contributed by atoms with Crippen molar-refractivity contribution in [1.82, 2.24) is 0 Å². The third-order valence-electron chi connectivity index (χ3n) is 2.41. The van der Waals surface area contributed by atoms with Gasteiger partial charge in [-0.3, -0.25) is 0 Å². The van der Waals surface area contributed by atoms with Gasteiger partial charge in [0.15, 0.2) is 9.84 Å². The summed E-state index contributed by atoms with van der Waals surface area (Å²) < 4.78 is 23.3. The third-order valence-corrected chi connectivity index (χ3v) is 6.96. The normalized spacial score (nSPS) is 13.9. The maximum absolute atomic E-state index is 11.6. The molecule has 16 heavy (non-hydrogen) atoms. The Bertz CT molecular complexity index is 253. The van der Waals surface area contributed by atoms with Gasteiger partial charge in [0, 0.05) is 10.2 Å². The minimum absolute atomic E-state index is 0.0394. The molecule has 0 aromatic heterocycles. The van der Waals surface area contributed by atoms with Gasteiger partial charge in [-0.25, -0.2) is 8.42 Å². The molecule has 0 aliphatic rings. The smallest absolute Gasteiger partial charge is 0.151 e. The Balaban J connectivity index is 3.59. The van der Waals surface area contributed by atoms with E-state index >= 15 is 0 Å². The predicted molar refractivity (Wildman–Crippen MR) is 78.5 cm³/mol. The van der Waals surface area contributed by atoms with E-state index in [9.17, 15) is 8.42 Å². The van der Waals surface area contributed by atoms with Gasteiger partial charge in [0.05, 0.1) is 11.5 Å². The van der Waals surface area contributed by atoms with E-state index in [1.807, 2.05) is 0 Å². The molecule has 0 heterocycles. The summed E-state index contributed by atoms with van der Waals surface area (Å²) in [7, 11) is -2.86. The number of halogens is 2. The van der Waals surface area contributed by atoms with E-state index < -0.39 is 9.84 Å². The van der Waals surface area contributed by atoms with Gasteiger partial charge in [-0.05, 0) is 6.42 Å². The van der Waals surface area contributed by atoms with Gasteiger partial charge in [0.2, 0.25) is 0 Å². The standard InChI is InChI=1S/C11H22Br2O2S/c1-2-3-4-5-6-7-8-16(14,15)10-11(13)9-12/h11H,2-10H2,1H3/t11-/m1/s1. The van der Waals surface area contributed by atoms with Gasteiger partial charge in [0.1, 0.15) is 0 Å². The van der Waals surface area contributed by atoms with E-state index in [1.54, 1.807) is 0 Å². The second-order valence-corrected chi connectivity index (χ2v) is 8.30. The van der Waals surface area contributed by atoms with Gasteiger partial charge in [-0.2, -0.15) is 0 Å². The molecule has 0 aliphatic carbocycles. The first-order valence-electron chi connectivity index (χ1n) is 5.92. The second kappa shape index (κ2) is 9.89. The molecule has 0 unspecified atom stereocenters. The van der Waals surface area contributed by atoms with Crippen LogP contribution in [0.4, 0.5) is 0 Å². The molecule has 0 radical (unpaired) electrons. The van der Waals surface area contributed by atoms with Crippen molar-refractivity contribution in [2.75, 3.05) is 16.8 Å². The third kappa shape index (κ3) is 10.1. The van der Waals surface area contributed by atoms with Crippen molar-refractivity contribution >= 4 is 41.7 Å². The van der Waals surface area contributed by atoms with Crippen LogP contribution in [0.5, 0.6) is 0 Å². The van der Waals surface area contributed by atoms with Crippen molar-refractivity contribution in [2.45, 2.75) is 50.3 Å². The zero-order valence-corrected chi connectivity index (χ0v) is 13.9. The van der Waals surface area contributed by atoms with Crippen molar-refractivity contribution in [1.29, 1.82) is 0 Å². The average molecular weight is 378 g/mol. The van der Waals surface area contributed by atoms with E-state index in [-0.39, 0.29) is 10.6 Å². The van der Waals surface area contributed by atoms with Crippen molar-refractivity contribution in [3.05, 3.63) is 0 Å². The number of hydrogen-bond donors (Lipinski definition) is 0. The maximum atomic E-state index is 11.6. The zero-order chi connectivity index (χ0) is 12.4. The lowest BCUT2D eigenvalue weighted by Gasteiger charge is -2.07. The van der Waals surface area contributed by atoms with Gasteiger partial charge in [-0.15, -0.1) is 0 Å². The van der Waals surface area contributed by atoms with Crippen LogP contribution >= 0.6 is 31.9 Å². The first-order valence-corrected chi connectivity index (χ1v) is 9.78. The van der Waals surface area contributed by atoms with Crippen LogP contribution in [0.25, 0.3) is 0 Å². The Morgan fingerprint density at radius 1 is 1.06 bits per heavy atom. The molecule has 0 aromatic rings.